The molecule has 1 atom stereocenters. The van der Waals surface area contributed by atoms with Crippen molar-refractivity contribution in [1.29, 1.82) is 0 Å². The number of hydrogen-bond acceptors (Lipinski definition) is 5. The second kappa shape index (κ2) is 7.97. The highest BCUT2D eigenvalue weighted by Crippen LogP contribution is 2.04. The first kappa shape index (κ1) is 13.9. The van der Waals surface area contributed by atoms with E-state index in [9.17, 15) is 0 Å². The van der Waals surface area contributed by atoms with Gasteiger partial charge < -0.3 is 14.8 Å². The summed E-state index contributed by atoms with van der Waals surface area (Å²) in [4.78, 5) is 8.53. The van der Waals surface area contributed by atoms with Crippen LogP contribution in [-0.2, 0) is 16.1 Å². The SMILES string of the molecule is CCCNc1cnc(COC(C)COC)cn1. The van der Waals surface area contributed by atoms with Gasteiger partial charge in [0.2, 0.25) is 0 Å². The summed E-state index contributed by atoms with van der Waals surface area (Å²) >= 11 is 0. The molecule has 0 radical (unpaired) electrons. The maximum atomic E-state index is 5.54. The van der Waals surface area contributed by atoms with Gasteiger partial charge in [-0.2, -0.15) is 0 Å². The molecule has 0 saturated carbocycles. The van der Waals surface area contributed by atoms with Crippen molar-refractivity contribution in [2.24, 2.45) is 0 Å². The minimum Gasteiger partial charge on any atom is -0.382 e. The molecule has 0 amide bonds. The number of rotatable bonds is 8. The Morgan fingerprint density at radius 2 is 2.18 bits per heavy atom. The minimum absolute atomic E-state index is 0.0692. The zero-order valence-electron chi connectivity index (χ0n) is 10.8. The summed E-state index contributed by atoms with van der Waals surface area (Å²) in [6, 6.07) is 0. The topological polar surface area (TPSA) is 56.3 Å². The van der Waals surface area contributed by atoms with Gasteiger partial charge in [0, 0.05) is 13.7 Å². The van der Waals surface area contributed by atoms with Crippen molar-refractivity contribution < 1.29 is 9.47 Å². The lowest BCUT2D eigenvalue weighted by molar-refractivity contribution is -0.00146. The summed E-state index contributed by atoms with van der Waals surface area (Å²) in [6.07, 6.45) is 4.60. The third kappa shape index (κ3) is 5.60. The number of hydrogen-bond donors (Lipinski definition) is 1. The molecule has 1 rings (SSSR count). The van der Waals surface area contributed by atoms with Gasteiger partial charge in [-0.25, -0.2) is 4.98 Å². The summed E-state index contributed by atoms with van der Waals surface area (Å²) in [5.41, 5.74) is 0.829. The van der Waals surface area contributed by atoms with Crippen LogP contribution in [0.15, 0.2) is 12.4 Å². The van der Waals surface area contributed by atoms with Crippen molar-refractivity contribution in [1.82, 2.24) is 9.97 Å². The van der Waals surface area contributed by atoms with E-state index in [1.165, 1.54) is 0 Å². The lowest BCUT2D eigenvalue weighted by atomic mass is 10.4. The quantitative estimate of drug-likeness (QED) is 0.750. The van der Waals surface area contributed by atoms with Crippen LogP contribution < -0.4 is 5.32 Å². The second-order valence-electron chi connectivity index (χ2n) is 3.90. The fourth-order valence-electron chi connectivity index (χ4n) is 1.28. The number of ether oxygens (including phenoxy) is 2. The molecule has 0 saturated heterocycles. The Labute approximate surface area is 103 Å². The molecule has 5 nitrogen and oxygen atoms in total. The Morgan fingerprint density at radius 1 is 1.35 bits per heavy atom. The maximum Gasteiger partial charge on any atom is 0.144 e. The predicted octanol–water partition coefficient (Wildman–Crippen LogP) is 1.85. The van der Waals surface area contributed by atoms with Crippen LogP contribution in [-0.4, -0.2) is 36.3 Å². The van der Waals surface area contributed by atoms with Crippen LogP contribution in [0.25, 0.3) is 0 Å². The summed E-state index contributed by atoms with van der Waals surface area (Å²) < 4.78 is 10.5. The summed E-state index contributed by atoms with van der Waals surface area (Å²) in [5.74, 6) is 0.806. The number of methoxy groups -OCH3 is 1. The molecule has 5 heteroatoms. The first-order valence-electron chi connectivity index (χ1n) is 5.91. The average Bonchev–Trinajstić information content (AvgIpc) is 2.35. The zero-order chi connectivity index (χ0) is 12.5. The number of nitrogens with one attached hydrogen (secondary N) is 1. The van der Waals surface area contributed by atoms with Crippen LogP contribution in [0.1, 0.15) is 26.0 Å². The molecule has 0 bridgehead atoms. The van der Waals surface area contributed by atoms with Gasteiger partial charge in [-0.3, -0.25) is 4.98 Å². The molecule has 1 aromatic rings. The molecule has 0 fully saturated rings. The average molecular weight is 239 g/mol. The highest BCUT2D eigenvalue weighted by molar-refractivity contribution is 5.30. The Balaban J connectivity index is 2.34. The van der Waals surface area contributed by atoms with Gasteiger partial charge in [0.25, 0.3) is 0 Å². The van der Waals surface area contributed by atoms with E-state index in [1.54, 1.807) is 19.5 Å². The fraction of sp³-hybridized carbons (Fsp3) is 0.667. The van der Waals surface area contributed by atoms with E-state index in [-0.39, 0.29) is 6.10 Å². The van der Waals surface area contributed by atoms with E-state index in [1.807, 2.05) is 6.92 Å². The van der Waals surface area contributed by atoms with Gasteiger partial charge in [0.1, 0.15) is 5.82 Å². The van der Waals surface area contributed by atoms with Crippen molar-refractivity contribution >= 4 is 5.82 Å². The number of anilines is 1. The van der Waals surface area contributed by atoms with Crippen molar-refractivity contribution in [3.8, 4) is 0 Å². The van der Waals surface area contributed by atoms with Crippen LogP contribution >= 0.6 is 0 Å². The number of aromatic nitrogens is 2. The molecule has 0 aromatic carbocycles. The molecular weight excluding hydrogens is 218 g/mol. The normalized spacial score (nSPS) is 12.4. The monoisotopic (exact) mass is 239 g/mol. The highest BCUT2D eigenvalue weighted by Gasteiger charge is 2.03. The molecule has 0 aliphatic heterocycles. The van der Waals surface area contributed by atoms with Gasteiger partial charge in [-0.1, -0.05) is 6.92 Å². The summed E-state index contributed by atoms with van der Waals surface area (Å²) in [5, 5.41) is 3.17. The van der Waals surface area contributed by atoms with Crippen molar-refractivity contribution in [3.05, 3.63) is 18.1 Å². The van der Waals surface area contributed by atoms with Gasteiger partial charge in [-0.15, -0.1) is 0 Å². The second-order valence-corrected chi connectivity index (χ2v) is 3.90. The lowest BCUT2D eigenvalue weighted by Gasteiger charge is -2.11. The van der Waals surface area contributed by atoms with Crippen LogP contribution in [0.5, 0.6) is 0 Å². The van der Waals surface area contributed by atoms with Crippen molar-refractivity contribution in [2.45, 2.75) is 33.0 Å². The standard InChI is InChI=1S/C12H21N3O2/c1-4-5-13-12-7-14-11(6-15-12)9-17-10(2)8-16-3/h6-7,10H,4-5,8-9H2,1-3H3,(H,13,15). The molecule has 1 heterocycles. The van der Waals surface area contributed by atoms with Gasteiger partial charge in [-0.05, 0) is 13.3 Å². The minimum atomic E-state index is 0.0692. The Kier molecular flexibility index (Phi) is 6.50. The molecule has 0 aliphatic rings. The molecule has 0 spiro atoms. The van der Waals surface area contributed by atoms with E-state index >= 15 is 0 Å². The third-order valence-electron chi connectivity index (χ3n) is 2.18. The van der Waals surface area contributed by atoms with Gasteiger partial charge in [0.05, 0.1) is 37.4 Å². The molecule has 0 aliphatic carbocycles. The Bertz CT molecular complexity index is 303. The van der Waals surface area contributed by atoms with E-state index in [0.29, 0.717) is 13.2 Å². The Hall–Kier alpha value is -1.20. The zero-order valence-corrected chi connectivity index (χ0v) is 10.8. The van der Waals surface area contributed by atoms with Crippen molar-refractivity contribution in [3.63, 3.8) is 0 Å². The van der Waals surface area contributed by atoms with Crippen LogP contribution in [0.2, 0.25) is 0 Å². The third-order valence-corrected chi connectivity index (χ3v) is 2.18. The van der Waals surface area contributed by atoms with Crippen LogP contribution in [0.4, 0.5) is 5.82 Å². The van der Waals surface area contributed by atoms with Crippen molar-refractivity contribution in [2.75, 3.05) is 25.6 Å². The lowest BCUT2D eigenvalue weighted by Crippen LogP contribution is -2.15. The first-order valence-corrected chi connectivity index (χ1v) is 5.91. The predicted molar refractivity (Wildman–Crippen MR) is 66.9 cm³/mol. The van der Waals surface area contributed by atoms with Gasteiger partial charge in [0.15, 0.2) is 0 Å². The summed E-state index contributed by atoms with van der Waals surface area (Å²) in [6.45, 7) is 6.04. The highest BCUT2D eigenvalue weighted by atomic mass is 16.5. The Morgan fingerprint density at radius 3 is 2.76 bits per heavy atom. The molecule has 17 heavy (non-hydrogen) atoms. The molecule has 1 N–H and O–H groups in total. The van der Waals surface area contributed by atoms with E-state index in [2.05, 4.69) is 22.2 Å². The molecule has 96 valence electrons. The van der Waals surface area contributed by atoms with Gasteiger partial charge >= 0.3 is 0 Å². The largest absolute Gasteiger partial charge is 0.382 e. The first-order chi connectivity index (χ1) is 8.26. The van der Waals surface area contributed by atoms with Crippen LogP contribution in [0.3, 0.4) is 0 Å². The smallest absolute Gasteiger partial charge is 0.144 e. The van der Waals surface area contributed by atoms with E-state index < -0.39 is 0 Å². The van der Waals surface area contributed by atoms with Crippen LogP contribution in [0, 0.1) is 0 Å². The summed E-state index contributed by atoms with van der Waals surface area (Å²) in [7, 11) is 1.66. The molecule has 1 unspecified atom stereocenters. The fourth-order valence-corrected chi connectivity index (χ4v) is 1.28. The molecular formula is C12H21N3O2. The van der Waals surface area contributed by atoms with E-state index in [0.717, 1.165) is 24.5 Å². The molecule has 1 aromatic heterocycles. The van der Waals surface area contributed by atoms with E-state index in [4.69, 9.17) is 9.47 Å². The maximum absolute atomic E-state index is 5.54. The number of nitrogens with zero attached hydrogens (tertiary/aromatic N) is 2.